The van der Waals surface area contributed by atoms with Gasteiger partial charge in [-0.1, -0.05) is 28.1 Å². The zero-order valence-corrected chi connectivity index (χ0v) is 18.5. The van der Waals surface area contributed by atoms with Gasteiger partial charge in [0.2, 0.25) is 0 Å². The highest BCUT2D eigenvalue weighted by Crippen LogP contribution is 2.36. The summed E-state index contributed by atoms with van der Waals surface area (Å²) in [5.74, 6) is -3.24. The zero-order valence-electron chi connectivity index (χ0n) is 16.9. The summed E-state index contributed by atoms with van der Waals surface area (Å²) in [6, 6.07) is 5.11. The summed E-state index contributed by atoms with van der Waals surface area (Å²) in [6.45, 7) is 3.18. The molecule has 0 spiro atoms. The van der Waals surface area contributed by atoms with Gasteiger partial charge in [0.25, 0.3) is 11.8 Å². The molecule has 0 bridgehead atoms. The molecule has 5 atom stereocenters. The van der Waals surface area contributed by atoms with Crippen LogP contribution in [0.5, 0.6) is 0 Å². The molecule has 0 N–H and O–H groups in total. The van der Waals surface area contributed by atoms with Gasteiger partial charge in [0.05, 0.1) is 11.1 Å². The lowest BCUT2D eigenvalue weighted by Gasteiger charge is -2.45. The second-order valence-corrected chi connectivity index (χ2v) is 7.90. The number of carbonyl (C=O) groups excluding carboxylic acids is 5. The number of imide groups is 1. The molecule has 0 aromatic heterocycles. The lowest BCUT2D eigenvalue weighted by Crippen LogP contribution is -2.65. The number of hydrogen-bond acceptors (Lipinski definition) is 9. The normalized spacial score (nSPS) is 27.5. The minimum absolute atomic E-state index is 0.194. The van der Waals surface area contributed by atoms with Crippen molar-refractivity contribution in [2.24, 2.45) is 0 Å². The fourth-order valence-electron chi connectivity index (χ4n) is 3.62. The van der Waals surface area contributed by atoms with E-state index in [9.17, 15) is 24.0 Å². The molecule has 2 amide bonds. The van der Waals surface area contributed by atoms with Crippen LogP contribution in [0.3, 0.4) is 0 Å². The van der Waals surface area contributed by atoms with Gasteiger partial charge in [0, 0.05) is 20.8 Å². The van der Waals surface area contributed by atoms with E-state index >= 15 is 0 Å². The molecule has 2 aliphatic rings. The average molecular weight is 498 g/mol. The smallest absolute Gasteiger partial charge is 0.303 e. The summed E-state index contributed by atoms with van der Waals surface area (Å²) in [5.41, 5.74) is 0.389. The van der Waals surface area contributed by atoms with Crippen molar-refractivity contribution >= 4 is 45.7 Å². The van der Waals surface area contributed by atoms with E-state index in [-0.39, 0.29) is 17.7 Å². The zero-order chi connectivity index (χ0) is 22.9. The largest absolute Gasteiger partial charge is 0.463 e. The molecular formula is C20H20BrNO9. The van der Waals surface area contributed by atoms with Crippen molar-refractivity contribution in [2.45, 2.75) is 50.1 Å². The summed E-state index contributed by atoms with van der Waals surface area (Å²) in [7, 11) is 0. The fourth-order valence-corrected chi connectivity index (χ4v) is 4.43. The van der Waals surface area contributed by atoms with Crippen LogP contribution in [0.4, 0.5) is 0 Å². The molecule has 1 aromatic carbocycles. The number of halogens is 1. The highest BCUT2D eigenvalue weighted by atomic mass is 79.9. The van der Waals surface area contributed by atoms with Crippen LogP contribution in [0, 0.1) is 0 Å². The van der Waals surface area contributed by atoms with Crippen LogP contribution >= 0.6 is 15.9 Å². The number of esters is 3. The van der Waals surface area contributed by atoms with Crippen molar-refractivity contribution in [2.75, 3.05) is 6.61 Å². The second-order valence-electron chi connectivity index (χ2n) is 6.99. The molecule has 0 saturated carbocycles. The minimum atomic E-state index is -1.28. The van der Waals surface area contributed by atoms with Crippen LogP contribution in [-0.2, 0) is 33.3 Å². The van der Waals surface area contributed by atoms with Gasteiger partial charge in [-0.3, -0.25) is 28.9 Å². The molecule has 31 heavy (non-hydrogen) atoms. The summed E-state index contributed by atoms with van der Waals surface area (Å²) >= 11 is 3.30. The molecule has 166 valence electrons. The predicted octanol–water partition coefficient (Wildman–Crippen LogP) is 1.20. The summed E-state index contributed by atoms with van der Waals surface area (Å²) < 4.78 is 21.5. The number of fused-ring (bicyclic) bond motifs is 1. The Labute approximate surface area is 185 Å². The standard InChI is InChI=1S/C20H20BrNO9/c1-9(23)28-8-14-16(29-10(2)24)17(30-11(3)25)15(18(21)31-14)22-19(26)12-6-4-5-7-13(12)20(22)27/h4-7,14-18H,8H2,1-3H3/t14-,15-,16+,17-,18-/m1/s1. The van der Waals surface area contributed by atoms with Gasteiger partial charge < -0.3 is 18.9 Å². The van der Waals surface area contributed by atoms with Crippen molar-refractivity contribution in [3.63, 3.8) is 0 Å². The van der Waals surface area contributed by atoms with E-state index in [0.29, 0.717) is 0 Å². The highest BCUT2D eigenvalue weighted by molar-refractivity contribution is 9.09. The SMILES string of the molecule is CC(=O)OC[C@H]1O[C@@H](Br)[C@H](N2C(=O)c3ccccc3C2=O)[C@@H](OC(C)=O)[C@H]1OC(C)=O. The third-order valence-corrected chi connectivity index (χ3v) is 5.54. The molecule has 2 heterocycles. The van der Waals surface area contributed by atoms with Crippen molar-refractivity contribution in [3.8, 4) is 0 Å². The first-order valence-electron chi connectivity index (χ1n) is 9.36. The Morgan fingerprint density at radius 2 is 1.45 bits per heavy atom. The Hall–Kier alpha value is -2.79. The van der Waals surface area contributed by atoms with Crippen molar-refractivity contribution in [1.82, 2.24) is 4.90 Å². The molecule has 1 aromatic rings. The Bertz CT molecular complexity index is 898. The third kappa shape index (κ3) is 4.62. The first-order valence-corrected chi connectivity index (χ1v) is 10.3. The van der Waals surface area contributed by atoms with E-state index in [1.807, 2.05) is 0 Å². The van der Waals surface area contributed by atoms with Gasteiger partial charge in [-0.2, -0.15) is 0 Å². The van der Waals surface area contributed by atoms with Crippen LogP contribution in [-0.4, -0.2) is 70.6 Å². The number of carbonyl (C=O) groups is 5. The Morgan fingerprint density at radius 1 is 0.935 bits per heavy atom. The first-order chi connectivity index (χ1) is 14.6. The quantitative estimate of drug-likeness (QED) is 0.255. The molecule has 1 saturated heterocycles. The van der Waals surface area contributed by atoms with Crippen molar-refractivity contribution < 1.29 is 42.9 Å². The number of rotatable bonds is 5. The lowest BCUT2D eigenvalue weighted by molar-refractivity contribution is -0.216. The van der Waals surface area contributed by atoms with E-state index in [1.54, 1.807) is 12.1 Å². The molecule has 3 rings (SSSR count). The molecule has 1 fully saturated rings. The van der Waals surface area contributed by atoms with E-state index < -0.39 is 59.1 Å². The third-order valence-electron chi connectivity index (χ3n) is 4.78. The fraction of sp³-hybridized carbons (Fsp3) is 0.450. The molecular weight excluding hydrogens is 478 g/mol. The number of amides is 2. The number of hydrogen-bond donors (Lipinski definition) is 0. The number of ether oxygens (including phenoxy) is 4. The van der Waals surface area contributed by atoms with E-state index in [1.165, 1.54) is 19.1 Å². The molecule has 0 unspecified atom stereocenters. The van der Waals surface area contributed by atoms with Crippen molar-refractivity contribution in [3.05, 3.63) is 35.4 Å². The predicted molar refractivity (Wildman–Crippen MR) is 106 cm³/mol. The molecule has 11 heteroatoms. The monoisotopic (exact) mass is 497 g/mol. The van der Waals surface area contributed by atoms with Crippen molar-refractivity contribution in [1.29, 1.82) is 0 Å². The van der Waals surface area contributed by atoms with E-state index in [0.717, 1.165) is 18.7 Å². The van der Waals surface area contributed by atoms with E-state index in [2.05, 4.69) is 15.9 Å². The second kappa shape index (κ2) is 9.15. The Balaban J connectivity index is 2.01. The van der Waals surface area contributed by atoms with Crippen LogP contribution < -0.4 is 0 Å². The molecule has 0 aliphatic carbocycles. The maximum Gasteiger partial charge on any atom is 0.303 e. The Kier molecular flexibility index (Phi) is 6.75. The van der Waals surface area contributed by atoms with E-state index in [4.69, 9.17) is 18.9 Å². The first kappa shape index (κ1) is 22.9. The van der Waals surface area contributed by atoms with Crippen LogP contribution in [0.1, 0.15) is 41.5 Å². The maximum atomic E-state index is 13.0. The minimum Gasteiger partial charge on any atom is -0.463 e. The maximum absolute atomic E-state index is 13.0. The van der Waals surface area contributed by atoms with Gasteiger partial charge in [0.15, 0.2) is 12.2 Å². The molecule has 0 radical (unpaired) electrons. The highest BCUT2D eigenvalue weighted by Gasteiger charge is 2.56. The number of nitrogens with zero attached hydrogens (tertiary/aromatic N) is 1. The number of benzene rings is 1. The number of alkyl halides is 1. The topological polar surface area (TPSA) is 126 Å². The molecule has 2 aliphatic heterocycles. The van der Waals surface area contributed by atoms with Crippen LogP contribution in [0.2, 0.25) is 0 Å². The van der Waals surface area contributed by atoms with Gasteiger partial charge in [0.1, 0.15) is 23.8 Å². The van der Waals surface area contributed by atoms with Gasteiger partial charge >= 0.3 is 17.9 Å². The summed E-state index contributed by atoms with van der Waals surface area (Å²) in [6.07, 6.45) is -3.54. The van der Waals surface area contributed by atoms with Crippen LogP contribution in [0.15, 0.2) is 24.3 Å². The lowest BCUT2D eigenvalue weighted by atomic mass is 9.96. The summed E-state index contributed by atoms with van der Waals surface area (Å²) in [5, 5.41) is -1.01. The van der Waals surface area contributed by atoms with Gasteiger partial charge in [-0.05, 0) is 12.1 Å². The molecule has 10 nitrogen and oxygen atoms in total. The van der Waals surface area contributed by atoms with Gasteiger partial charge in [-0.25, -0.2) is 0 Å². The average Bonchev–Trinajstić information content (AvgIpc) is 2.93. The Morgan fingerprint density at radius 3 is 1.94 bits per heavy atom. The van der Waals surface area contributed by atoms with Crippen LogP contribution in [0.25, 0.3) is 0 Å². The summed E-state index contributed by atoms with van der Waals surface area (Å²) in [4.78, 5) is 61.9. The van der Waals surface area contributed by atoms with Gasteiger partial charge in [-0.15, -0.1) is 0 Å².